The van der Waals surface area contributed by atoms with Crippen molar-refractivity contribution in [1.29, 1.82) is 0 Å². The largest absolute Gasteiger partial charge is 0.480 e. The van der Waals surface area contributed by atoms with E-state index in [2.05, 4.69) is 22.6 Å². The molecule has 6 heteroatoms. The first-order valence-electron chi connectivity index (χ1n) is 7.55. The van der Waals surface area contributed by atoms with Crippen LogP contribution in [0, 0.1) is 0 Å². The minimum absolute atomic E-state index is 0.178. The van der Waals surface area contributed by atoms with Gasteiger partial charge in [-0.3, -0.25) is 9.59 Å². The average molecular weight is 469 g/mol. The summed E-state index contributed by atoms with van der Waals surface area (Å²) in [6.45, 7) is 3.02. The van der Waals surface area contributed by atoms with E-state index in [4.69, 9.17) is 11.6 Å². The fourth-order valence-electron chi connectivity index (χ4n) is 2.41. The van der Waals surface area contributed by atoms with Crippen LogP contribution in [0.1, 0.15) is 44.2 Å². The fraction of sp³-hybridized carbons (Fsp3) is 0.529. The van der Waals surface area contributed by atoms with Crippen molar-refractivity contribution in [3.8, 4) is 0 Å². The van der Waals surface area contributed by atoms with Crippen LogP contribution >= 0.6 is 46.0 Å². The number of thioether (sulfide) groups is 1. The van der Waals surface area contributed by atoms with Crippen LogP contribution in [-0.2, 0) is 22.4 Å². The Hall–Kier alpha value is -0.270. The number of hydrogen-bond donors (Lipinski definition) is 1. The van der Waals surface area contributed by atoms with Crippen molar-refractivity contribution in [2.24, 2.45) is 0 Å². The van der Waals surface area contributed by atoms with Gasteiger partial charge in [-0.1, -0.05) is 58.1 Å². The molecular formula is C17H22ClIO3S. The molecule has 3 nitrogen and oxygen atoms in total. The molecule has 1 aromatic rings. The first kappa shape index (κ1) is 20.8. The van der Waals surface area contributed by atoms with E-state index >= 15 is 0 Å². The van der Waals surface area contributed by atoms with Crippen LogP contribution in [0.5, 0.6) is 0 Å². The number of unbranched alkanes of at least 4 members (excludes halogenated alkanes) is 1. The molecule has 0 saturated carbocycles. The lowest BCUT2D eigenvalue weighted by molar-refractivity contribution is -0.139. The number of aryl methyl sites for hydroxylation is 1. The zero-order chi connectivity index (χ0) is 17.5. The standard InChI is InChI=1S/C17H22ClIO3S/c1-12(20)23-17(2,16(21)22)10-9-13-6-5-8-15(18)14(13)7-3-4-11-19/h5-6,8H,3-4,7,9-11H2,1-2H3,(H,21,22). The summed E-state index contributed by atoms with van der Waals surface area (Å²) in [6.07, 6.45) is 4.10. The second-order valence-corrected chi connectivity index (χ2v) is 8.82. The Morgan fingerprint density at radius 1 is 1.30 bits per heavy atom. The van der Waals surface area contributed by atoms with Crippen molar-refractivity contribution in [1.82, 2.24) is 0 Å². The van der Waals surface area contributed by atoms with Gasteiger partial charge in [0.15, 0.2) is 5.12 Å². The first-order chi connectivity index (χ1) is 10.8. The van der Waals surface area contributed by atoms with Crippen LogP contribution in [0.15, 0.2) is 18.2 Å². The SMILES string of the molecule is CC(=O)SC(C)(CCc1cccc(Cl)c1CCCCI)C(=O)O. The van der Waals surface area contributed by atoms with Crippen LogP contribution in [0.3, 0.4) is 0 Å². The summed E-state index contributed by atoms with van der Waals surface area (Å²) >= 11 is 9.58. The van der Waals surface area contributed by atoms with Gasteiger partial charge in [0.05, 0.1) is 0 Å². The Bertz CT molecular complexity index is 565. The fourth-order valence-corrected chi connectivity index (χ4v) is 4.16. The van der Waals surface area contributed by atoms with Gasteiger partial charge in [-0.15, -0.1) is 0 Å². The summed E-state index contributed by atoms with van der Waals surface area (Å²) in [6, 6.07) is 5.78. The number of carboxylic acids is 1. The molecule has 0 amide bonds. The number of benzene rings is 1. The normalized spacial score (nSPS) is 13.6. The molecule has 0 aliphatic heterocycles. The predicted octanol–water partition coefficient (Wildman–Crippen LogP) is 5.15. The maximum Gasteiger partial charge on any atom is 0.319 e. The molecule has 1 rings (SSSR count). The highest BCUT2D eigenvalue weighted by atomic mass is 127. The maximum atomic E-state index is 11.5. The van der Waals surface area contributed by atoms with E-state index in [1.165, 1.54) is 6.92 Å². The number of halogens is 2. The zero-order valence-corrected chi connectivity index (χ0v) is 17.1. The van der Waals surface area contributed by atoms with E-state index in [9.17, 15) is 14.7 Å². The van der Waals surface area contributed by atoms with E-state index < -0.39 is 10.7 Å². The number of alkyl halides is 1. The maximum absolute atomic E-state index is 11.5. The molecule has 23 heavy (non-hydrogen) atoms. The Balaban J connectivity index is 2.88. The van der Waals surface area contributed by atoms with Gasteiger partial charge >= 0.3 is 5.97 Å². The molecule has 128 valence electrons. The van der Waals surface area contributed by atoms with Gasteiger partial charge in [-0.25, -0.2) is 0 Å². The van der Waals surface area contributed by atoms with Crippen molar-refractivity contribution in [3.63, 3.8) is 0 Å². The van der Waals surface area contributed by atoms with Gasteiger partial charge in [-0.05, 0) is 60.6 Å². The number of aliphatic carboxylic acids is 1. The summed E-state index contributed by atoms with van der Waals surface area (Å²) < 4.78 is 0.0114. The Kier molecular flexibility index (Phi) is 8.93. The van der Waals surface area contributed by atoms with E-state index in [0.29, 0.717) is 12.8 Å². The molecule has 1 N–H and O–H groups in total. The highest BCUT2D eigenvalue weighted by Gasteiger charge is 2.35. The number of carbonyl (C=O) groups excluding carboxylic acids is 1. The van der Waals surface area contributed by atoms with Crippen molar-refractivity contribution in [2.75, 3.05) is 4.43 Å². The topological polar surface area (TPSA) is 54.4 Å². The molecule has 0 radical (unpaired) electrons. The van der Waals surface area contributed by atoms with Crippen LogP contribution in [0.2, 0.25) is 5.02 Å². The lowest BCUT2D eigenvalue weighted by Crippen LogP contribution is -2.33. The Morgan fingerprint density at radius 2 is 2.00 bits per heavy atom. The van der Waals surface area contributed by atoms with Crippen molar-refractivity contribution >= 4 is 57.0 Å². The lowest BCUT2D eigenvalue weighted by atomic mass is 9.94. The molecule has 0 heterocycles. The smallest absolute Gasteiger partial charge is 0.319 e. The molecule has 1 atom stereocenters. The molecule has 0 fully saturated rings. The number of rotatable bonds is 9. The molecule has 0 aliphatic rings. The number of carboxylic acid groups (broad SMARTS) is 1. The van der Waals surface area contributed by atoms with Crippen LogP contribution < -0.4 is 0 Å². The van der Waals surface area contributed by atoms with Crippen LogP contribution in [0.25, 0.3) is 0 Å². The van der Waals surface area contributed by atoms with E-state index in [0.717, 1.165) is 51.6 Å². The average Bonchev–Trinajstić information content (AvgIpc) is 2.46. The zero-order valence-electron chi connectivity index (χ0n) is 13.4. The van der Waals surface area contributed by atoms with Gasteiger partial charge in [0.25, 0.3) is 0 Å². The van der Waals surface area contributed by atoms with Gasteiger partial charge < -0.3 is 5.11 Å². The summed E-state index contributed by atoms with van der Waals surface area (Å²) in [5, 5.41) is 10.0. The molecular weight excluding hydrogens is 447 g/mol. The Morgan fingerprint density at radius 3 is 2.57 bits per heavy atom. The molecule has 1 unspecified atom stereocenters. The van der Waals surface area contributed by atoms with Crippen LogP contribution in [0.4, 0.5) is 0 Å². The third kappa shape index (κ3) is 6.63. The highest BCUT2D eigenvalue weighted by molar-refractivity contribution is 14.1. The molecule has 0 bridgehead atoms. The minimum atomic E-state index is -1.10. The molecule has 0 aromatic heterocycles. The molecule has 0 aliphatic carbocycles. The third-order valence-electron chi connectivity index (χ3n) is 3.72. The number of carbonyl (C=O) groups is 2. The third-order valence-corrected chi connectivity index (χ3v) is 5.95. The van der Waals surface area contributed by atoms with Gasteiger partial charge in [-0.2, -0.15) is 0 Å². The second-order valence-electron chi connectivity index (χ2n) is 5.65. The molecule has 1 aromatic carbocycles. The minimum Gasteiger partial charge on any atom is -0.480 e. The first-order valence-corrected chi connectivity index (χ1v) is 10.3. The van der Waals surface area contributed by atoms with Gasteiger partial charge in [0.1, 0.15) is 4.75 Å². The Labute approximate surface area is 160 Å². The summed E-state index contributed by atoms with van der Waals surface area (Å²) in [7, 11) is 0. The monoisotopic (exact) mass is 468 g/mol. The van der Waals surface area contributed by atoms with Crippen molar-refractivity contribution in [3.05, 3.63) is 34.3 Å². The summed E-state index contributed by atoms with van der Waals surface area (Å²) in [5.41, 5.74) is 2.20. The van der Waals surface area contributed by atoms with Gasteiger partial charge in [0, 0.05) is 11.9 Å². The highest BCUT2D eigenvalue weighted by Crippen LogP contribution is 2.33. The van der Waals surface area contributed by atoms with E-state index in [-0.39, 0.29) is 5.12 Å². The molecule has 0 saturated heterocycles. The summed E-state index contributed by atoms with van der Waals surface area (Å²) in [5.74, 6) is -0.953. The quantitative estimate of drug-likeness (QED) is 0.309. The van der Waals surface area contributed by atoms with E-state index in [1.807, 2.05) is 18.2 Å². The van der Waals surface area contributed by atoms with Crippen molar-refractivity contribution in [2.45, 2.75) is 50.7 Å². The second kappa shape index (κ2) is 9.89. The lowest BCUT2D eigenvalue weighted by Gasteiger charge is -2.23. The van der Waals surface area contributed by atoms with Crippen molar-refractivity contribution < 1.29 is 14.7 Å². The number of hydrogen-bond acceptors (Lipinski definition) is 3. The van der Waals surface area contributed by atoms with Gasteiger partial charge in [0.2, 0.25) is 0 Å². The predicted molar refractivity (Wildman–Crippen MR) is 106 cm³/mol. The molecule has 0 spiro atoms. The summed E-state index contributed by atoms with van der Waals surface area (Å²) in [4.78, 5) is 22.9. The van der Waals surface area contributed by atoms with Crippen LogP contribution in [-0.4, -0.2) is 25.4 Å². The van der Waals surface area contributed by atoms with E-state index in [1.54, 1.807) is 6.92 Å².